The Morgan fingerprint density at radius 3 is 2.09 bits per heavy atom. The standard InChI is InChI=1S/C16H18N2O5/c1-9-14(10(2)23-18-9)8-17-13-6-11(15(19)21-3)5-12(7-13)16(20)22-4/h5-7,17H,8H2,1-4H3. The van der Waals surface area contributed by atoms with Crippen LogP contribution < -0.4 is 5.32 Å². The Morgan fingerprint density at radius 2 is 1.65 bits per heavy atom. The van der Waals surface area contributed by atoms with Crippen molar-refractivity contribution in [3.63, 3.8) is 0 Å². The van der Waals surface area contributed by atoms with E-state index in [1.165, 1.54) is 20.3 Å². The number of aryl methyl sites for hydroxylation is 2. The highest BCUT2D eigenvalue weighted by Crippen LogP contribution is 2.19. The van der Waals surface area contributed by atoms with Crippen LogP contribution in [0.3, 0.4) is 0 Å². The SMILES string of the molecule is COC(=O)c1cc(NCc2c(C)noc2C)cc(C(=O)OC)c1. The number of esters is 2. The van der Waals surface area contributed by atoms with Crippen LogP contribution in [0.5, 0.6) is 0 Å². The highest BCUT2D eigenvalue weighted by atomic mass is 16.5. The van der Waals surface area contributed by atoms with Crippen LogP contribution in [0.25, 0.3) is 0 Å². The summed E-state index contributed by atoms with van der Waals surface area (Å²) in [5.41, 5.74) is 2.82. The molecule has 0 radical (unpaired) electrons. The number of carbonyl (C=O) groups excluding carboxylic acids is 2. The van der Waals surface area contributed by atoms with Gasteiger partial charge in [0.15, 0.2) is 0 Å². The van der Waals surface area contributed by atoms with E-state index >= 15 is 0 Å². The Hall–Kier alpha value is -2.83. The zero-order valence-electron chi connectivity index (χ0n) is 13.4. The van der Waals surface area contributed by atoms with Crippen molar-refractivity contribution in [2.75, 3.05) is 19.5 Å². The van der Waals surface area contributed by atoms with Gasteiger partial charge in [0.1, 0.15) is 5.76 Å². The monoisotopic (exact) mass is 318 g/mol. The van der Waals surface area contributed by atoms with Crippen LogP contribution in [0.4, 0.5) is 5.69 Å². The van der Waals surface area contributed by atoms with Gasteiger partial charge in [0, 0.05) is 17.8 Å². The van der Waals surface area contributed by atoms with Gasteiger partial charge in [-0.15, -0.1) is 0 Å². The number of methoxy groups -OCH3 is 2. The third kappa shape index (κ3) is 3.68. The normalized spacial score (nSPS) is 10.3. The summed E-state index contributed by atoms with van der Waals surface area (Å²) in [5.74, 6) is -0.348. The third-order valence-corrected chi connectivity index (χ3v) is 3.43. The predicted molar refractivity (Wildman–Crippen MR) is 82.4 cm³/mol. The fourth-order valence-electron chi connectivity index (χ4n) is 2.15. The molecule has 1 heterocycles. The van der Waals surface area contributed by atoms with E-state index in [9.17, 15) is 9.59 Å². The van der Waals surface area contributed by atoms with Crippen molar-refractivity contribution in [2.45, 2.75) is 20.4 Å². The zero-order valence-corrected chi connectivity index (χ0v) is 13.4. The molecule has 23 heavy (non-hydrogen) atoms. The second-order valence-corrected chi connectivity index (χ2v) is 4.94. The minimum absolute atomic E-state index is 0.261. The molecule has 0 bridgehead atoms. The van der Waals surface area contributed by atoms with E-state index < -0.39 is 11.9 Å². The second-order valence-electron chi connectivity index (χ2n) is 4.94. The topological polar surface area (TPSA) is 90.7 Å². The lowest BCUT2D eigenvalue weighted by Gasteiger charge is -2.10. The Kier molecular flexibility index (Phi) is 5.00. The Balaban J connectivity index is 2.29. The van der Waals surface area contributed by atoms with E-state index in [0.717, 1.165) is 11.3 Å². The van der Waals surface area contributed by atoms with Crippen LogP contribution in [0.15, 0.2) is 22.7 Å². The van der Waals surface area contributed by atoms with Gasteiger partial charge < -0.3 is 19.3 Å². The third-order valence-electron chi connectivity index (χ3n) is 3.43. The maximum absolute atomic E-state index is 11.7. The molecule has 0 saturated carbocycles. The summed E-state index contributed by atoms with van der Waals surface area (Å²) >= 11 is 0. The van der Waals surface area contributed by atoms with Gasteiger partial charge in [-0.25, -0.2) is 9.59 Å². The average Bonchev–Trinajstić information content (AvgIpc) is 2.89. The van der Waals surface area contributed by atoms with Crippen molar-refractivity contribution < 1.29 is 23.6 Å². The molecule has 0 aliphatic rings. The summed E-state index contributed by atoms with van der Waals surface area (Å²) in [4.78, 5) is 23.5. The molecule has 1 aromatic carbocycles. The maximum Gasteiger partial charge on any atom is 0.337 e. The minimum atomic E-state index is -0.531. The van der Waals surface area contributed by atoms with Gasteiger partial charge in [-0.3, -0.25) is 0 Å². The van der Waals surface area contributed by atoms with Crippen molar-refractivity contribution in [1.82, 2.24) is 5.16 Å². The molecule has 0 fully saturated rings. The summed E-state index contributed by atoms with van der Waals surface area (Å²) in [6.45, 7) is 4.12. The summed E-state index contributed by atoms with van der Waals surface area (Å²) in [7, 11) is 2.56. The molecule has 0 unspecified atom stereocenters. The first-order valence-electron chi connectivity index (χ1n) is 6.93. The van der Waals surface area contributed by atoms with Gasteiger partial charge in [0.05, 0.1) is 31.0 Å². The number of hydrogen-bond donors (Lipinski definition) is 1. The highest BCUT2D eigenvalue weighted by molar-refractivity contribution is 5.96. The molecule has 0 atom stereocenters. The number of nitrogens with zero attached hydrogens (tertiary/aromatic N) is 1. The Bertz CT molecular complexity index is 682. The molecule has 7 nitrogen and oxygen atoms in total. The predicted octanol–water partition coefficient (Wildman–Crippen LogP) is 2.48. The average molecular weight is 318 g/mol. The van der Waals surface area contributed by atoms with Crippen molar-refractivity contribution in [3.8, 4) is 0 Å². The number of ether oxygens (including phenoxy) is 2. The molecule has 1 aromatic heterocycles. The van der Waals surface area contributed by atoms with E-state index in [1.54, 1.807) is 12.1 Å². The van der Waals surface area contributed by atoms with E-state index in [-0.39, 0.29) is 11.1 Å². The van der Waals surface area contributed by atoms with Crippen molar-refractivity contribution >= 4 is 17.6 Å². The van der Waals surface area contributed by atoms with Crippen molar-refractivity contribution in [1.29, 1.82) is 0 Å². The lowest BCUT2D eigenvalue weighted by atomic mass is 10.1. The van der Waals surface area contributed by atoms with E-state index in [2.05, 4.69) is 10.5 Å². The lowest BCUT2D eigenvalue weighted by molar-refractivity contribution is 0.0599. The first-order valence-corrected chi connectivity index (χ1v) is 6.93. The number of nitrogens with one attached hydrogen (secondary N) is 1. The van der Waals surface area contributed by atoms with Crippen LogP contribution in [-0.4, -0.2) is 31.3 Å². The van der Waals surface area contributed by atoms with E-state index in [0.29, 0.717) is 18.0 Å². The smallest absolute Gasteiger partial charge is 0.337 e. The van der Waals surface area contributed by atoms with Crippen LogP contribution in [0.1, 0.15) is 37.7 Å². The molecule has 2 rings (SSSR count). The van der Waals surface area contributed by atoms with Crippen LogP contribution in [0, 0.1) is 13.8 Å². The Labute approximate surface area is 133 Å². The largest absolute Gasteiger partial charge is 0.465 e. The van der Waals surface area contributed by atoms with Crippen LogP contribution in [0.2, 0.25) is 0 Å². The molecule has 1 N–H and O–H groups in total. The highest BCUT2D eigenvalue weighted by Gasteiger charge is 2.15. The molecular weight excluding hydrogens is 300 g/mol. The van der Waals surface area contributed by atoms with E-state index in [1.807, 2.05) is 13.8 Å². The molecule has 0 spiro atoms. The summed E-state index contributed by atoms with van der Waals surface area (Å²) in [5, 5.41) is 7.04. The van der Waals surface area contributed by atoms with Crippen molar-refractivity contribution in [2.24, 2.45) is 0 Å². The molecule has 0 amide bonds. The first-order chi connectivity index (χ1) is 11.0. The molecule has 0 aliphatic carbocycles. The summed E-state index contributed by atoms with van der Waals surface area (Å²) < 4.78 is 14.5. The van der Waals surface area contributed by atoms with Gasteiger partial charge in [0.2, 0.25) is 0 Å². The minimum Gasteiger partial charge on any atom is -0.465 e. The second kappa shape index (κ2) is 6.95. The van der Waals surface area contributed by atoms with Gasteiger partial charge in [-0.1, -0.05) is 5.16 Å². The van der Waals surface area contributed by atoms with Gasteiger partial charge in [0.25, 0.3) is 0 Å². The molecule has 0 saturated heterocycles. The Morgan fingerprint density at radius 1 is 1.09 bits per heavy atom. The zero-order chi connectivity index (χ0) is 17.0. The van der Waals surface area contributed by atoms with Gasteiger partial charge in [-0.05, 0) is 32.0 Å². The summed E-state index contributed by atoms with van der Waals surface area (Å²) in [6, 6.07) is 4.64. The molecule has 0 aliphatic heterocycles. The number of carbonyl (C=O) groups is 2. The van der Waals surface area contributed by atoms with Crippen LogP contribution in [-0.2, 0) is 16.0 Å². The molecule has 122 valence electrons. The quantitative estimate of drug-likeness (QED) is 0.847. The van der Waals surface area contributed by atoms with E-state index in [4.69, 9.17) is 14.0 Å². The van der Waals surface area contributed by atoms with Gasteiger partial charge >= 0.3 is 11.9 Å². The molecule has 7 heteroatoms. The number of anilines is 1. The fourth-order valence-corrected chi connectivity index (χ4v) is 2.15. The summed E-state index contributed by atoms with van der Waals surface area (Å²) in [6.07, 6.45) is 0. The maximum atomic E-state index is 11.7. The van der Waals surface area contributed by atoms with Crippen LogP contribution >= 0.6 is 0 Å². The first kappa shape index (κ1) is 16.5. The molecule has 2 aromatic rings. The van der Waals surface area contributed by atoms with Crippen molar-refractivity contribution in [3.05, 3.63) is 46.3 Å². The fraction of sp³-hybridized carbons (Fsp3) is 0.312. The number of benzene rings is 1. The molecular formula is C16H18N2O5. The number of aromatic nitrogens is 1. The van der Waals surface area contributed by atoms with Gasteiger partial charge in [-0.2, -0.15) is 0 Å². The number of rotatable bonds is 5. The number of hydrogen-bond acceptors (Lipinski definition) is 7. The lowest BCUT2D eigenvalue weighted by Crippen LogP contribution is -2.09.